The van der Waals surface area contributed by atoms with Gasteiger partial charge in [-0.2, -0.15) is 0 Å². The van der Waals surface area contributed by atoms with Gasteiger partial charge in [0.15, 0.2) is 10.7 Å². The zero-order valence-electron chi connectivity index (χ0n) is 18.1. The highest BCUT2D eigenvalue weighted by molar-refractivity contribution is 7.80. The zero-order valence-corrected chi connectivity index (χ0v) is 18.9. The fourth-order valence-corrected chi connectivity index (χ4v) is 3.53. The van der Waals surface area contributed by atoms with Crippen LogP contribution in [0.4, 0.5) is 11.4 Å². The van der Waals surface area contributed by atoms with Crippen LogP contribution >= 0.6 is 12.2 Å². The summed E-state index contributed by atoms with van der Waals surface area (Å²) in [7, 11) is 0. The molecule has 4 aromatic rings. The number of thiocarbonyl (C=S) groups is 1. The Bertz CT molecular complexity index is 1430. The maximum absolute atomic E-state index is 12.5. The van der Waals surface area contributed by atoms with Gasteiger partial charge in [0, 0.05) is 28.4 Å². The largest absolute Gasteiger partial charge is 0.436 e. The van der Waals surface area contributed by atoms with Crippen molar-refractivity contribution in [2.75, 3.05) is 5.32 Å². The van der Waals surface area contributed by atoms with Crippen LogP contribution in [-0.4, -0.2) is 20.9 Å². The first-order valence-corrected chi connectivity index (χ1v) is 10.5. The highest BCUT2D eigenvalue weighted by atomic mass is 32.1. The van der Waals surface area contributed by atoms with Gasteiger partial charge >= 0.3 is 0 Å². The summed E-state index contributed by atoms with van der Waals surface area (Å²) in [6.07, 6.45) is 0. The van der Waals surface area contributed by atoms with Crippen molar-refractivity contribution in [2.24, 2.45) is 0 Å². The number of anilines is 1. The van der Waals surface area contributed by atoms with E-state index >= 15 is 0 Å². The van der Waals surface area contributed by atoms with Crippen molar-refractivity contribution in [1.29, 1.82) is 0 Å². The molecule has 0 saturated heterocycles. The average Bonchev–Trinajstić information content (AvgIpc) is 3.18. The molecule has 2 N–H and O–H groups in total. The Morgan fingerprint density at radius 1 is 1.03 bits per heavy atom. The van der Waals surface area contributed by atoms with Gasteiger partial charge in [-0.15, -0.1) is 0 Å². The molecule has 166 valence electrons. The Morgan fingerprint density at radius 3 is 2.55 bits per heavy atom. The third-order valence-electron chi connectivity index (χ3n) is 5.17. The minimum Gasteiger partial charge on any atom is -0.436 e. The highest BCUT2D eigenvalue weighted by Gasteiger charge is 2.16. The lowest BCUT2D eigenvalue weighted by Crippen LogP contribution is -2.34. The number of hydrogen-bond acceptors (Lipinski definition) is 6. The predicted octanol–water partition coefficient (Wildman–Crippen LogP) is 5.46. The Morgan fingerprint density at radius 2 is 1.79 bits per heavy atom. The number of nitrogens with one attached hydrogen (secondary N) is 2. The minimum absolute atomic E-state index is 0.0664. The molecule has 0 radical (unpaired) electrons. The van der Waals surface area contributed by atoms with Crippen molar-refractivity contribution in [1.82, 2.24) is 10.3 Å². The maximum atomic E-state index is 12.5. The number of aryl methyl sites for hydroxylation is 3. The molecule has 0 spiro atoms. The van der Waals surface area contributed by atoms with Gasteiger partial charge in [0.25, 0.3) is 11.6 Å². The summed E-state index contributed by atoms with van der Waals surface area (Å²) in [6.45, 7) is 5.50. The summed E-state index contributed by atoms with van der Waals surface area (Å²) in [6, 6.07) is 15.7. The highest BCUT2D eigenvalue weighted by Crippen LogP contribution is 2.28. The summed E-state index contributed by atoms with van der Waals surface area (Å²) in [5, 5.41) is 16.8. The first kappa shape index (κ1) is 22.1. The normalized spacial score (nSPS) is 10.8. The molecule has 0 saturated carbocycles. The van der Waals surface area contributed by atoms with Crippen molar-refractivity contribution in [2.45, 2.75) is 20.8 Å². The van der Waals surface area contributed by atoms with E-state index in [9.17, 15) is 14.9 Å². The number of aromatic nitrogens is 1. The Balaban J connectivity index is 1.52. The molecule has 33 heavy (non-hydrogen) atoms. The topological polar surface area (TPSA) is 110 Å². The molecule has 0 fully saturated rings. The number of hydrogen-bond donors (Lipinski definition) is 2. The zero-order chi connectivity index (χ0) is 23.7. The number of benzene rings is 3. The van der Waals surface area contributed by atoms with E-state index in [0.29, 0.717) is 22.7 Å². The number of amides is 1. The lowest BCUT2D eigenvalue weighted by atomic mass is 10.1. The number of nitro benzene ring substituents is 1. The molecule has 0 unspecified atom stereocenters. The second-order valence-electron chi connectivity index (χ2n) is 7.69. The van der Waals surface area contributed by atoms with Crippen molar-refractivity contribution >= 4 is 45.7 Å². The van der Waals surface area contributed by atoms with E-state index in [1.807, 2.05) is 50.2 Å². The van der Waals surface area contributed by atoms with Crippen LogP contribution in [0.3, 0.4) is 0 Å². The lowest BCUT2D eigenvalue weighted by Gasteiger charge is -2.13. The Labute approximate surface area is 194 Å². The van der Waals surface area contributed by atoms with E-state index in [0.717, 1.165) is 22.2 Å². The first-order valence-electron chi connectivity index (χ1n) is 10.1. The molecule has 0 aliphatic carbocycles. The summed E-state index contributed by atoms with van der Waals surface area (Å²) < 4.78 is 5.87. The monoisotopic (exact) mass is 460 g/mol. The van der Waals surface area contributed by atoms with Crippen molar-refractivity contribution in [3.8, 4) is 11.5 Å². The quantitative estimate of drug-likeness (QED) is 0.236. The number of nitrogens with zero attached hydrogens (tertiary/aromatic N) is 2. The van der Waals surface area contributed by atoms with Gasteiger partial charge < -0.3 is 9.73 Å². The van der Waals surface area contributed by atoms with Crippen LogP contribution in [0.25, 0.3) is 22.6 Å². The second-order valence-corrected chi connectivity index (χ2v) is 8.09. The number of oxazole rings is 1. The third kappa shape index (κ3) is 4.73. The average molecular weight is 461 g/mol. The van der Waals surface area contributed by atoms with Crippen LogP contribution in [0.15, 0.2) is 59.0 Å². The third-order valence-corrected chi connectivity index (χ3v) is 5.37. The standard InChI is InChI=1S/C24H20N4O4S/c1-13-4-9-21-19(10-13)25-23(32-21)17-8-5-14(2)18(11-17)26-24(33)27-22(29)16-7-6-15(3)20(12-16)28(30)31/h4-12H,1-3H3,(H2,26,27,29,33). The molecule has 1 heterocycles. The maximum Gasteiger partial charge on any atom is 0.273 e. The van der Waals surface area contributed by atoms with Crippen molar-refractivity contribution in [3.63, 3.8) is 0 Å². The molecule has 8 nitrogen and oxygen atoms in total. The molecule has 0 atom stereocenters. The fraction of sp³-hybridized carbons (Fsp3) is 0.125. The molecule has 1 aromatic heterocycles. The minimum atomic E-state index is -0.543. The smallest absolute Gasteiger partial charge is 0.273 e. The molecular weight excluding hydrogens is 440 g/mol. The van der Waals surface area contributed by atoms with Crippen LogP contribution in [0.5, 0.6) is 0 Å². The van der Waals surface area contributed by atoms with Gasteiger partial charge in [-0.3, -0.25) is 20.2 Å². The van der Waals surface area contributed by atoms with Crippen LogP contribution < -0.4 is 10.6 Å². The fourth-order valence-electron chi connectivity index (χ4n) is 3.33. The van der Waals surface area contributed by atoms with E-state index in [1.54, 1.807) is 6.92 Å². The van der Waals surface area contributed by atoms with Gasteiger partial charge in [0.1, 0.15) is 5.52 Å². The molecule has 9 heteroatoms. The number of fused-ring (bicyclic) bond motifs is 1. The van der Waals surface area contributed by atoms with E-state index < -0.39 is 10.8 Å². The Kier molecular flexibility index (Phi) is 5.89. The van der Waals surface area contributed by atoms with Gasteiger partial charge in [0.05, 0.1) is 4.92 Å². The van der Waals surface area contributed by atoms with Gasteiger partial charge in [-0.25, -0.2) is 4.98 Å². The van der Waals surface area contributed by atoms with Crippen molar-refractivity contribution in [3.05, 3.63) is 87.0 Å². The van der Waals surface area contributed by atoms with E-state index in [4.69, 9.17) is 16.6 Å². The molecular formula is C24H20N4O4S. The van der Waals surface area contributed by atoms with Crippen molar-refractivity contribution < 1.29 is 14.1 Å². The molecule has 1 amide bonds. The second kappa shape index (κ2) is 8.79. The Hall–Kier alpha value is -4.11. The number of nitro groups is 1. The SMILES string of the molecule is Cc1ccc2oc(-c3ccc(C)c(NC(=S)NC(=O)c4ccc(C)c([N+](=O)[O-])c4)c3)nc2c1. The molecule has 3 aromatic carbocycles. The van der Waals surface area contributed by atoms with E-state index in [-0.39, 0.29) is 16.4 Å². The predicted molar refractivity (Wildman–Crippen MR) is 130 cm³/mol. The van der Waals surface area contributed by atoms with Crippen LogP contribution in [0.1, 0.15) is 27.0 Å². The van der Waals surface area contributed by atoms with Crippen LogP contribution in [-0.2, 0) is 0 Å². The molecule has 0 aliphatic rings. The molecule has 0 aliphatic heterocycles. The summed E-state index contributed by atoms with van der Waals surface area (Å²) in [4.78, 5) is 27.7. The number of rotatable bonds is 4. The summed E-state index contributed by atoms with van der Waals surface area (Å²) >= 11 is 5.29. The molecule has 4 rings (SSSR count). The first-order chi connectivity index (χ1) is 15.7. The van der Waals surface area contributed by atoms with E-state index in [2.05, 4.69) is 15.6 Å². The number of carbonyl (C=O) groups is 1. The molecule has 0 bridgehead atoms. The van der Waals surface area contributed by atoms with Crippen LogP contribution in [0, 0.1) is 30.9 Å². The lowest BCUT2D eigenvalue weighted by molar-refractivity contribution is -0.385. The van der Waals surface area contributed by atoms with Crippen LogP contribution in [0.2, 0.25) is 0 Å². The summed E-state index contributed by atoms with van der Waals surface area (Å²) in [5.41, 5.74) is 5.37. The van der Waals surface area contributed by atoms with Gasteiger partial charge in [-0.05, 0) is 74.4 Å². The summed E-state index contributed by atoms with van der Waals surface area (Å²) in [5.74, 6) is -0.0701. The number of carbonyl (C=O) groups excluding carboxylic acids is 1. The van der Waals surface area contributed by atoms with E-state index in [1.165, 1.54) is 18.2 Å². The van der Waals surface area contributed by atoms with Gasteiger partial charge in [0.2, 0.25) is 5.89 Å². The van der Waals surface area contributed by atoms with Gasteiger partial charge in [-0.1, -0.05) is 18.2 Å².